The summed E-state index contributed by atoms with van der Waals surface area (Å²) in [6, 6.07) is 20.8. The number of carbonyl (C=O) groups is 1. The second-order valence-electron chi connectivity index (χ2n) is 6.30. The van der Waals surface area contributed by atoms with Crippen LogP contribution in [0.4, 0.5) is 23.7 Å². The Morgan fingerprint density at radius 2 is 1.48 bits per heavy atom. The Labute approximate surface area is 166 Å². The summed E-state index contributed by atoms with van der Waals surface area (Å²) in [7, 11) is 0. The van der Waals surface area contributed by atoms with Crippen LogP contribution >= 0.6 is 0 Å². The number of ether oxygens (including phenoxy) is 1. The van der Waals surface area contributed by atoms with Gasteiger partial charge in [0.25, 0.3) is 0 Å². The fraction of sp³-hybridized carbons (Fsp3) is 0.136. The van der Waals surface area contributed by atoms with Gasteiger partial charge in [0.1, 0.15) is 12.4 Å². The summed E-state index contributed by atoms with van der Waals surface area (Å²) in [6.07, 6.45) is -4.37. The molecule has 0 fully saturated rings. The summed E-state index contributed by atoms with van der Waals surface area (Å²) in [5.74, 6) is 0.671. The van der Waals surface area contributed by atoms with Gasteiger partial charge in [-0.25, -0.2) is 4.79 Å². The van der Waals surface area contributed by atoms with Gasteiger partial charge in [0, 0.05) is 12.2 Å². The molecular formula is C22H19F3N2O2. The Balaban J connectivity index is 1.45. The van der Waals surface area contributed by atoms with Gasteiger partial charge in [0.05, 0.1) is 5.56 Å². The Hall–Kier alpha value is -3.48. The van der Waals surface area contributed by atoms with Crippen molar-refractivity contribution in [3.05, 3.63) is 95.6 Å². The molecule has 0 aliphatic carbocycles. The van der Waals surface area contributed by atoms with E-state index in [9.17, 15) is 18.0 Å². The first kappa shape index (κ1) is 20.3. The molecule has 0 aliphatic rings. The average Bonchev–Trinajstić information content (AvgIpc) is 2.72. The zero-order valence-corrected chi connectivity index (χ0v) is 15.4. The van der Waals surface area contributed by atoms with Gasteiger partial charge in [-0.2, -0.15) is 13.2 Å². The normalized spacial score (nSPS) is 11.0. The Morgan fingerprint density at radius 3 is 2.10 bits per heavy atom. The third-order valence-corrected chi connectivity index (χ3v) is 4.09. The first-order valence-corrected chi connectivity index (χ1v) is 8.88. The highest BCUT2D eigenvalue weighted by Crippen LogP contribution is 2.29. The fourth-order valence-corrected chi connectivity index (χ4v) is 2.54. The highest BCUT2D eigenvalue weighted by Gasteiger charge is 2.29. The molecule has 2 N–H and O–H groups in total. The molecule has 150 valence electrons. The maximum absolute atomic E-state index is 12.6. The van der Waals surface area contributed by atoms with Crippen molar-refractivity contribution in [3.63, 3.8) is 0 Å². The van der Waals surface area contributed by atoms with Gasteiger partial charge >= 0.3 is 12.2 Å². The van der Waals surface area contributed by atoms with Crippen LogP contribution in [0, 0.1) is 0 Å². The lowest BCUT2D eigenvalue weighted by molar-refractivity contribution is -0.137. The van der Waals surface area contributed by atoms with E-state index in [4.69, 9.17) is 4.74 Å². The van der Waals surface area contributed by atoms with Crippen LogP contribution in [0.25, 0.3) is 0 Å². The lowest BCUT2D eigenvalue weighted by Gasteiger charge is -2.10. The van der Waals surface area contributed by atoms with Crippen molar-refractivity contribution >= 4 is 11.7 Å². The minimum absolute atomic E-state index is 0.113. The molecule has 0 bridgehead atoms. The minimum Gasteiger partial charge on any atom is -0.489 e. The van der Waals surface area contributed by atoms with E-state index in [0.29, 0.717) is 23.6 Å². The van der Waals surface area contributed by atoms with E-state index in [1.165, 1.54) is 12.1 Å². The zero-order chi connectivity index (χ0) is 20.7. The van der Waals surface area contributed by atoms with Crippen molar-refractivity contribution in [1.29, 1.82) is 0 Å². The molecule has 0 atom stereocenters. The van der Waals surface area contributed by atoms with Crippen molar-refractivity contribution in [3.8, 4) is 5.75 Å². The van der Waals surface area contributed by atoms with E-state index in [-0.39, 0.29) is 6.54 Å². The largest absolute Gasteiger partial charge is 0.489 e. The van der Waals surface area contributed by atoms with E-state index in [1.54, 1.807) is 24.3 Å². The maximum Gasteiger partial charge on any atom is 0.416 e. The van der Waals surface area contributed by atoms with Gasteiger partial charge in [0.15, 0.2) is 0 Å². The van der Waals surface area contributed by atoms with Crippen LogP contribution in [0.15, 0.2) is 78.9 Å². The number of rotatable bonds is 6. The third-order valence-electron chi connectivity index (χ3n) is 4.09. The van der Waals surface area contributed by atoms with E-state index in [0.717, 1.165) is 17.7 Å². The molecule has 0 unspecified atom stereocenters. The predicted octanol–water partition coefficient (Wildman–Crippen LogP) is 5.61. The minimum atomic E-state index is -4.37. The van der Waals surface area contributed by atoms with Crippen molar-refractivity contribution < 1.29 is 22.7 Å². The van der Waals surface area contributed by atoms with Crippen molar-refractivity contribution in [2.24, 2.45) is 0 Å². The number of halogens is 3. The van der Waals surface area contributed by atoms with E-state index < -0.39 is 17.8 Å². The Bertz CT molecular complexity index is 925. The molecule has 0 heterocycles. The summed E-state index contributed by atoms with van der Waals surface area (Å²) < 4.78 is 43.3. The standard InChI is InChI=1S/C22H19F3N2O2/c23-22(24,25)18-8-6-16(7-9-18)14-26-21(28)27-19-10-12-20(13-11-19)29-15-17-4-2-1-3-5-17/h1-13H,14-15H2,(H2,26,27,28). The summed E-state index contributed by atoms with van der Waals surface area (Å²) >= 11 is 0. The van der Waals surface area contributed by atoms with Crippen molar-refractivity contribution in [2.75, 3.05) is 5.32 Å². The summed E-state index contributed by atoms with van der Waals surface area (Å²) in [5.41, 5.74) is 1.47. The monoisotopic (exact) mass is 400 g/mol. The molecule has 0 spiro atoms. The third kappa shape index (κ3) is 6.27. The van der Waals surface area contributed by atoms with Crippen LogP contribution in [-0.2, 0) is 19.3 Å². The van der Waals surface area contributed by atoms with E-state index in [1.807, 2.05) is 30.3 Å². The van der Waals surface area contributed by atoms with Gasteiger partial charge in [-0.05, 0) is 47.5 Å². The van der Waals surface area contributed by atoms with Gasteiger partial charge in [-0.1, -0.05) is 42.5 Å². The zero-order valence-electron chi connectivity index (χ0n) is 15.4. The van der Waals surface area contributed by atoms with Gasteiger partial charge in [-0.15, -0.1) is 0 Å². The molecule has 3 aromatic rings. The number of carbonyl (C=O) groups excluding carboxylic acids is 1. The Morgan fingerprint density at radius 1 is 0.828 bits per heavy atom. The SMILES string of the molecule is O=C(NCc1ccc(C(F)(F)F)cc1)Nc1ccc(OCc2ccccc2)cc1. The first-order chi connectivity index (χ1) is 13.9. The highest BCUT2D eigenvalue weighted by molar-refractivity contribution is 5.89. The molecule has 0 aromatic heterocycles. The van der Waals surface area contributed by atoms with Crippen LogP contribution in [-0.4, -0.2) is 6.03 Å². The Kier molecular flexibility index (Phi) is 6.39. The van der Waals surface area contributed by atoms with E-state index in [2.05, 4.69) is 10.6 Å². The van der Waals surface area contributed by atoms with Crippen LogP contribution in [0.5, 0.6) is 5.75 Å². The van der Waals surface area contributed by atoms with Crippen molar-refractivity contribution in [1.82, 2.24) is 5.32 Å². The number of hydrogen-bond donors (Lipinski definition) is 2. The second-order valence-corrected chi connectivity index (χ2v) is 6.30. The van der Waals surface area contributed by atoms with Crippen molar-refractivity contribution in [2.45, 2.75) is 19.3 Å². The molecule has 0 saturated heterocycles. The second kappa shape index (κ2) is 9.14. The summed E-state index contributed by atoms with van der Waals surface area (Å²) in [5, 5.41) is 5.27. The molecule has 29 heavy (non-hydrogen) atoms. The molecule has 7 heteroatoms. The highest BCUT2D eigenvalue weighted by atomic mass is 19.4. The number of hydrogen-bond acceptors (Lipinski definition) is 2. The summed E-state index contributed by atoms with van der Waals surface area (Å²) in [4.78, 5) is 12.0. The van der Waals surface area contributed by atoms with Crippen LogP contribution in [0.3, 0.4) is 0 Å². The van der Waals surface area contributed by atoms with Gasteiger partial charge in [-0.3, -0.25) is 0 Å². The van der Waals surface area contributed by atoms with Gasteiger partial charge in [0.2, 0.25) is 0 Å². The number of anilines is 1. The van der Waals surface area contributed by atoms with E-state index >= 15 is 0 Å². The molecule has 0 aliphatic heterocycles. The molecule has 3 rings (SSSR count). The smallest absolute Gasteiger partial charge is 0.416 e. The number of alkyl halides is 3. The average molecular weight is 400 g/mol. The summed E-state index contributed by atoms with van der Waals surface area (Å²) in [6.45, 7) is 0.559. The van der Waals surface area contributed by atoms with Crippen LogP contribution < -0.4 is 15.4 Å². The molecule has 2 amide bonds. The number of nitrogens with one attached hydrogen (secondary N) is 2. The molecule has 0 saturated carbocycles. The molecule has 4 nitrogen and oxygen atoms in total. The first-order valence-electron chi connectivity index (χ1n) is 8.88. The predicted molar refractivity (Wildman–Crippen MR) is 105 cm³/mol. The molecule has 0 radical (unpaired) electrons. The quantitative estimate of drug-likeness (QED) is 0.565. The topological polar surface area (TPSA) is 50.4 Å². The fourth-order valence-electron chi connectivity index (χ4n) is 2.54. The lowest BCUT2D eigenvalue weighted by Crippen LogP contribution is -2.28. The number of amides is 2. The maximum atomic E-state index is 12.6. The molecule has 3 aromatic carbocycles. The number of benzene rings is 3. The molecular weight excluding hydrogens is 381 g/mol. The van der Waals surface area contributed by atoms with Crippen LogP contribution in [0.2, 0.25) is 0 Å². The lowest BCUT2D eigenvalue weighted by atomic mass is 10.1. The number of urea groups is 1. The van der Waals surface area contributed by atoms with Crippen LogP contribution in [0.1, 0.15) is 16.7 Å². The van der Waals surface area contributed by atoms with Gasteiger partial charge < -0.3 is 15.4 Å².